The Hall–Kier alpha value is -2.02. The molecule has 0 amide bonds. The second kappa shape index (κ2) is 7.25. The van der Waals surface area contributed by atoms with Gasteiger partial charge in [-0.2, -0.15) is 0 Å². The molecule has 126 valence electrons. The number of rotatable bonds is 6. The molecule has 0 radical (unpaired) electrons. The number of hydrogen-bond acceptors (Lipinski definition) is 3. The zero-order valence-corrected chi connectivity index (χ0v) is 14.6. The zero-order valence-electron chi connectivity index (χ0n) is 12.3. The van der Waals surface area contributed by atoms with Crippen molar-refractivity contribution < 1.29 is 18.3 Å². The molecule has 0 bridgehead atoms. The Balaban J connectivity index is 2.56. The first-order valence-corrected chi connectivity index (χ1v) is 8.89. The van der Waals surface area contributed by atoms with Crippen molar-refractivity contribution in [2.24, 2.45) is 0 Å². The molecule has 0 saturated heterocycles. The van der Waals surface area contributed by atoms with Gasteiger partial charge in [-0.15, -0.1) is 6.58 Å². The van der Waals surface area contributed by atoms with E-state index in [1.807, 2.05) is 0 Å². The molecule has 0 spiro atoms. The number of benzene rings is 2. The fourth-order valence-corrected chi connectivity index (χ4v) is 3.81. The van der Waals surface area contributed by atoms with Gasteiger partial charge < -0.3 is 5.11 Å². The Morgan fingerprint density at radius 2 is 1.79 bits per heavy atom. The summed E-state index contributed by atoms with van der Waals surface area (Å²) in [5.74, 6) is -1.31. The van der Waals surface area contributed by atoms with Crippen molar-refractivity contribution in [3.05, 3.63) is 70.7 Å². The van der Waals surface area contributed by atoms with Gasteiger partial charge in [-0.1, -0.05) is 29.3 Å². The van der Waals surface area contributed by atoms with Gasteiger partial charge in [0.2, 0.25) is 0 Å². The highest BCUT2D eigenvalue weighted by Gasteiger charge is 2.25. The second-order valence-electron chi connectivity index (χ2n) is 4.75. The molecule has 2 aromatic rings. The molecule has 2 aromatic carbocycles. The summed E-state index contributed by atoms with van der Waals surface area (Å²) in [7, 11) is -4.00. The van der Waals surface area contributed by atoms with Crippen molar-refractivity contribution in [3.8, 4) is 0 Å². The average Bonchev–Trinajstić information content (AvgIpc) is 2.53. The van der Waals surface area contributed by atoms with Gasteiger partial charge in [-0.3, -0.25) is 4.31 Å². The summed E-state index contributed by atoms with van der Waals surface area (Å²) in [6.07, 6.45) is 1.43. The van der Waals surface area contributed by atoms with Crippen LogP contribution in [0, 0.1) is 0 Å². The van der Waals surface area contributed by atoms with Crippen molar-refractivity contribution in [3.63, 3.8) is 0 Å². The third-order valence-electron chi connectivity index (χ3n) is 3.17. The number of carbonyl (C=O) groups is 1. The zero-order chi connectivity index (χ0) is 17.9. The lowest BCUT2D eigenvalue weighted by atomic mass is 10.2. The van der Waals surface area contributed by atoms with Crippen LogP contribution in [0.4, 0.5) is 5.69 Å². The van der Waals surface area contributed by atoms with Gasteiger partial charge in [-0.25, -0.2) is 13.2 Å². The SMILES string of the molecule is C=CCN(c1ccc(Cl)cc1)S(=O)(=O)c1ccc(Cl)c(C(=O)O)c1. The summed E-state index contributed by atoms with van der Waals surface area (Å²) < 4.78 is 26.9. The van der Waals surface area contributed by atoms with Crippen LogP contribution in [0.2, 0.25) is 10.0 Å². The van der Waals surface area contributed by atoms with Crippen LogP contribution in [0.25, 0.3) is 0 Å². The number of carboxylic acids is 1. The summed E-state index contributed by atoms with van der Waals surface area (Å²) >= 11 is 11.6. The van der Waals surface area contributed by atoms with Crippen LogP contribution in [0.5, 0.6) is 0 Å². The minimum atomic E-state index is -4.00. The maximum atomic E-state index is 12.9. The fraction of sp³-hybridized carbons (Fsp3) is 0.0625. The molecule has 0 atom stereocenters. The molecule has 0 heterocycles. The highest BCUT2D eigenvalue weighted by molar-refractivity contribution is 7.92. The van der Waals surface area contributed by atoms with Gasteiger partial charge in [-0.05, 0) is 42.5 Å². The normalized spacial score (nSPS) is 11.1. The summed E-state index contributed by atoms with van der Waals surface area (Å²) in [6, 6.07) is 9.77. The highest BCUT2D eigenvalue weighted by Crippen LogP contribution is 2.27. The predicted octanol–water partition coefficient (Wildman–Crippen LogP) is 4.07. The Morgan fingerprint density at radius 1 is 1.17 bits per heavy atom. The minimum absolute atomic E-state index is 0.00893. The minimum Gasteiger partial charge on any atom is -0.478 e. The highest BCUT2D eigenvalue weighted by atomic mass is 35.5. The lowest BCUT2D eigenvalue weighted by Gasteiger charge is -2.23. The van der Waals surface area contributed by atoms with Crippen LogP contribution >= 0.6 is 23.2 Å². The van der Waals surface area contributed by atoms with Crippen LogP contribution in [0.3, 0.4) is 0 Å². The third-order valence-corrected chi connectivity index (χ3v) is 5.54. The molecular formula is C16H13Cl2NO4S. The van der Waals surface area contributed by atoms with E-state index in [-0.39, 0.29) is 22.0 Å². The molecule has 0 aliphatic heterocycles. The molecule has 0 unspecified atom stereocenters. The van der Waals surface area contributed by atoms with Crippen molar-refractivity contribution in [2.45, 2.75) is 4.90 Å². The topological polar surface area (TPSA) is 74.7 Å². The van der Waals surface area contributed by atoms with Gasteiger partial charge >= 0.3 is 5.97 Å². The molecule has 1 N–H and O–H groups in total. The Bertz CT molecular complexity index is 879. The summed E-state index contributed by atoms with van der Waals surface area (Å²) in [5, 5.41) is 9.55. The van der Waals surface area contributed by atoms with E-state index < -0.39 is 16.0 Å². The van der Waals surface area contributed by atoms with E-state index in [4.69, 9.17) is 28.3 Å². The van der Waals surface area contributed by atoms with Crippen LogP contribution in [-0.2, 0) is 10.0 Å². The van der Waals surface area contributed by atoms with E-state index in [1.54, 1.807) is 24.3 Å². The first-order valence-electron chi connectivity index (χ1n) is 6.69. The molecule has 0 aliphatic carbocycles. The molecule has 2 rings (SSSR count). The Labute approximate surface area is 149 Å². The first-order chi connectivity index (χ1) is 11.3. The van der Waals surface area contributed by atoms with E-state index >= 15 is 0 Å². The van der Waals surface area contributed by atoms with E-state index in [2.05, 4.69) is 6.58 Å². The molecule has 0 saturated carbocycles. The van der Waals surface area contributed by atoms with Gasteiger partial charge in [0.15, 0.2) is 0 Å². The lowest BCUT2D eigenvalue weighted by molar-refractivity contribution is 0.0697. The molecule has 24 heavy (non-hydrogen) atoms. The van der Waals surface area contributed by atoms with Gasteiger partial charge in [0.1, 0.15) is 0 Å². The van der Waals surface area contributed by atoms with Crippen molar-refractivity contribution in [1.82, 2.24) is 0 Å². The number of nitrogens with zero attached hydrogens (tertiary/aromatic N) is 1. The number of anilines is 1. The Morgan fingerprint density at radius 3 is 2.33 bits per heavy atom. The summed E-state index contributed by atoms with van der Waals surface area (Å²) in [4.78, 5) is 11.0. The number of hydrogen-bond donors (Lipinski definition) is 1. The van der Waals surface area contributed by atoms with Crippen molar-refractivity contribution >= 4 is 44.9 Å². The quantitative estimate of drug-likeness (QED) is 0.760. The van der Waals surface area contributed by atoms with Gasteiger partial charge in [0, 0.05) is 5.02 Å². The Kier molecular flexibility index (Phi) is 5.54. The summed E-state index contributed by atoms with van der Waals surface area (Å²) in [5.41, 5.74) is 0.0959. The van der Waals surface area contributed by atoms with Crippen LogP contribution < -0.4 is 4.31 Å². The average molecular weight is 386 g/mol. The van der Waals surface area contributed by atoms with E-state index in [9.17, 15) is 13.2 Å². The molecule has 0 aromatic heterocycles. The lowest BCUT2D eigenvalue weighted by Crippen LogP contribution is -2.31. The second-order valence-corrected chi connectivity index (χ2v) is 7.45. The van der Waals surface area contributed by atoms with Gasteiger partial charge in [0.05, 0.1) is 27.7 Å². The molecule has 5 nitrogen and oxygen atoms in total. The smallest absolute Gasteiger partial charge is 0.337 e. The standard InChI is InChI=1S/C16H13Cl2NO4S/c1-2-9-19(12-5-3-11(17)4-6-12)24(22,23)13-7-8-15(18)14(10-13)16(20)21/h2-8,10H,1,9H2,(H,20,21). The number of halogens is 2. The van der Waals surface area contributed by atoms with E-state index in [0.29, 0.717) is 10.7 Å². The fourth-order valence-electron chi connectivity index (χ4n) is 2.02. The number of carboxylic acid groups (broad SMARTS) is 1. The number of sulfonamides is 1. The molecule has 8 heteroatoms. The maximum absolute atomic E-state index is 12.9. The van der Waals surface area contributed by atoms with Crippen molar-refractivity contribution in [2.75, 3.05) is 10.8 Å². The molecular weight excluding hydrogens is 373 g/mol. The van der Waals surface area contributed by atoms with E-state index in [0.717, 1.165) is 10.4 Å². The molecule has 0 fully saturated rings. The number of aromatic carboxylic acids is 1. The first kappa shape index (κ1) is 18.3. The van der Waals surface area contributed by atoms with Crippen LogP contribution in [-0.4, -0.2) is 26.0 Å². The van der Waals surface area contributed by atoms with Gasteiger partial charge in [0.25, 0.3) is 10.0 Å². The van der Waals surface area contributed by atoms with E-state index in [1.165, 1.54) is 18.2 Å². The van der Waals surface area contributed by atoms with Crippen LogP contribution in [0.1, 0.15) is 10.4 Å². The van der Waals surface area contributed by atoms with Crippen molar-refractivity contribution in [1.29, 1.82) is 0 Å². The third kappa shape index (κ3) is 3.72. The summed E-state index contributed by atoms with van der Waals surface area (Å²) in [6.45, 7) is 3.57. The maximum Gasteiger partial charge on any atom is 0.337 e. The largest absolute Gasteiger partial charge is 0.478 e. The predicted molar refractivity (Wildman–Crippen MR) is 94.6 cm³/mol. The monoisotopic (exact) mass is 385 g/mol. The molecule has 0 aliphatic rings. The van der Waals surface area contributed by atoms with Crippen LogP contribution in [0.15, 0.2) is 60.0 Å².